The first-order chi connectivity index (χ1) is 9.76. The summed E-state index contributed by atoms with van der Waals surface area (Å²) < 4.78 is 8.07. The Morgan fingerprint density at radius 3 is 3.10 bits per heavy atom. The third kappa shape index (κ3) is 2.95. The zero-order valence-electron chi connectivity index (χ0n) is 12.1. The van der Waals surface area contributed by atoms with E-state index in [1.165, 1.54) is 9.75 Å². The van der Waals surface area contributed by atoms with E-state index in [0.29, 0.717) is 0 Å². The minimum atomic E-state index is 0.257. The highest BCUT2D eigenvalue weighted by molar-refractivity contribution is 7.15. The molecule has 1 aliphatic heterocycles. The molecule has 0 aromatic carbocycles. The molecule has 1 atom stereocenters. The van der Waals surface area contributed by atoms with Crippen LogP contribution in [0.3, 0.4) is 0 Å². The summed E-state index contributed by atoms with van der Waals surface area (Å²) in [6, 6.07) is 4.38. The summed E-state index contributed by atoms with van der Waals surface area (Å²) in [6.07, 6.45) is 5.28. The summed E-state index contributed by atoms with van der Waals surface area (Å²) in [5.41, 5.74) is 0. The molecule has 20 heavy (non-hydrogen) atoms. The first kappa shape index (κ1) is 13.8. The summed E-state index contributed by atoms with van der Waals surface area (Å²) in [5, 5.41) is 0. The molecule has 1 fully saturated rings. The van der Waals surface area contributed by atoms with Crippen molar-refractivity contribution in [3.8, 4) is 10.7 Å². The molecule has 0 spiro atoms. The Morgan fingerprint density at radius 1 is 1.45 bits per heavy atom. The molecule has 4 nitrogen and oxygen atoms in total. The van der Waals surface area contributed by atoms with Crippen LogP contribution in [0.25, 0.3) is 10.7 Å². The summed E-state index contributed by atoms with van der Waals surface area (Å²) in [4.78, 5) is 9.50. The lowest BCUT2D eigenvalue weighted by atomic mass is 10.2. The van der Waals surface area contributed by atoms with Crippen LogP contribution in [0.5, 0.6) is 0 Å². The van der Waals surface area contributed by atoms with Gasteiger partial charge >= 0.3 is 0 Å². The normalized spacial score (nSPS) is 20.4. The maximum absolute atomic E-state index is 5.85. The van der Waals surface area contributed by atoms with E-state index in [2.05, 4.69) is 46.8 Å². The van der Waals surface area contributed by atoms with Crippen molar-refractivity contribution < 1.29 is 4.74 Å². The van der Waals surface area contributed by atoms with Crippen molar-refractivity contribution in [1.82, 2.24) is 14.5 Å². The first-order valence-corrected chi connectivity index (χ1v) is 7.98. The van der Waals surface area contributed by atoms with E-state index in [0.717, 1.165) is 38.5 Å². The van der Waals surface area contributed by atoms with Gasteiger partial charge in [0.05, 0.1) is 24.1 Å². The van der Waals surface area contributed by atoms with Crippen LogP contribution in [0.4, 0.5) is 0 Å². The monoisotopic (exact) mass is 291 g/mol. The molecule has 0 amide bonds. The number of hydrogen-bond donors (Lipinski definition) is 0. The smallest absolute Gasteiger partial charge is 0.150 e. The van der Waals surface area contributed by atoms with Gasteiger partial charge < -0.3 is 14.2 Å². The Morgan fingerprint density at radius 2 is 2.35 bits per heavy atom. The second-order valence-corrected chi connectivity index (χ2v) is 6.45. The van der Waals surface area contributed by atoms with E-state index < -0.39 is 0 Å². The molecule has 0 saturated carbocycles. The van der Waals surface area contributed by atoms with Crippen molar-refractivity contribution in [2.24, 2.45) is 0 Å². The van der Waals surface area contributed by atoms with Crippen LogP contribution in [0.1, 0.15) is 11.8 Å². The highest BCUT2D eigenvalue weighted by Crippen LogP contribution is 2.27. The number of nitrogens with zero attached hydrogens (tertiary/aromatic N) is 3. The molecule has 0 N–H and O–H groups in total. The number of rotatable bonds is 4. The Bertz CT molecular complexity index is 563. The maximum Gasteiger partial charge on any atom is 0.150 e. The number of hydrogen-bond acceptors (Lipinski definition) is 4. The van der Waals surface area contributed by atoms with Crippen LogP contribution < -0.4 is 0 Å². The van der Waals surface area contributed by atoms with Gasteiger partial charge in [-0.3, -0.25) is 0 Å². The van der Waals surface area contributed by atoms with Gasteiger partial charge in [-0.25, -0.2) is 4.98 Å². The van der Waals surface area contributed by atoms with Crippen LogP contribution in [-0.4, -0.2) is 47.3 Å². The van der Waals surface area contributed by atoms with Crippen LogP contribution in [0.2, 0.25) is 0 Å². The van der Waals surface area contributed by atoms with Gasteiger partial charge in [0, 0.05) is 30.4 Å². The quantitative estimate of drug-likeness (QED) is 0.867. The second kappa shape index (κ2) is 6.08. The van der Waals surface area contributed by atoms with Gasteiger partial charge in [-0.15, -0.1) is 11.3 Å². The second-order valence-electron chi connectivity index (χ2n) is 5.28. The van der Waals surface area contributed by atoms with Gasteiger partial charge in [0.15, 0.2) is 0 Å². The fourth-order valence-electron chi connectivity index (χ4n) is 2.57. The highest BCUT2D eigenvalue weighted by atomic mass is 32.1. The van der Waals surface area contributed by atoms with E-state index in [9.17, 15) is 0 Å². The topological polar surface area (TPSA) is 30.3 Å². The summed E-state index contributed by atoms with van der Waals surface area (Å²) >= 11 is 1.83. The van der Waals surface area contributed by atoms with Crippen molar-refractivity contribution in [3.63, 3.8) is 0 Å². The van der Waals surface area contributed by atoms with Crippen LogP contribution in [0.15, 0.2) is 24.5 Å². The SMILES string of the molecule is CCc1ccc(-c2nccn2CC2CN(C)CCO2)s1. The minimum absolute atomic E-state index is 0.257. The lowest BCUT2D eigenvalue weighted by Gasteiger charge is -2.30. The molecule has 1 unspecified atom stereocenters. The van der Waals surface area contributed by atoms with E-state index in [1.807, 2.05) is 17.5 Å². The predicted molar refractivity (Wildman–Crippen MR) is 82.2 cm³/mol. The zero-order chi connectivity index (χ0) is 13.9. The maximum atomic E-state index is 5.85. The Labute approximate surface area is 124 Å². The molecule has 2 aromatic heterocycles. The number of morpholine rings is 1. The van der Waals surface area contributed by atoms with Crippen molar-refractivity contribution in [2.45, 2.75) is 26.0 Å². The van der Waals surface area contributed by atoms with Gasteiger partial charge in [-0.2, -0.15) is 0 Å². The molecule has 5 heteroatoms. The van der Waals surface area contributed by atoms with Crippen molar-refractivity contribution in [2.75, 3.05) is 26.7 Å². The Hall–Kier alpha value is -1.17. The zero-order valence-corrected chi connectivity index (χ0v) is 12.9. The fraction of sp³-hybridized carbons (Fsp3) is 0.533. The summed E-state index contributed by atoms with van der Waals surface area (Å²) in [7, 11) is 2.15. The average Bonchev–Trinajstić information content (AvgIpc) is 3.06. The molecular weight excluding hydrogens is 270 g/mol. The van der Waals surface area contributed by atoms with Gasteiger partial charge in [0.1, 0.15) is 5.82 Å². The molecule has 1 aliphatic rings. The third-order valence-electron chi connectivity index (χ3n) is 3.69. The predicted octanol–water partition coefficient (Wildman–Crippen LogP) is 2.50. The summed E-state index contributed by atoms with van der Waals surface area (Å²) in [5.74, 6) is 1.06. The number of ether oxygens (including phenoxy) is 1. The largest absolute Gasteiger partial charge is 0.374 e. The number of aryl methyl sites for hydroxylation is 1. The van der Waals surface area contributed by atoms with E-state index in [4.69, 9.17) is 4.74 Å². The lowest BCUT2D eigenvalue weighted by Crippen LogP contribution is -2.41. The first-order valence-electron chi connectivity index (χ1n) is 7.16. The molecule has 0 bridgehead atoms. The fourth-order valence-corrected chi connectivity index (χ4v) is 3.53. The molecule has 0 radical (unpaired) electrons. The minimum Gasteiger partial charge on any atom is -0.374 e. The van der Waals surface area contributed by atoms with E-state index in [-0.39, 0.29) is 6.10 Å². The Kier molecular flexibility index (Phi) is 4.19. The lowest BCUT2D eigenvalue weighted by molar-refractivity contribution is -0.0272. The standard InChI is InChI=1S/C15H21N3OS/c1-3-13-4-5-14(20-13)15-16-6-7-18(15)11-12-10-17(2)8-9-19-12/h4-7,12H,3,8-11H2,1-2H3. The molecule has 3 rings (SSSR count). The molecule has 2 aromatic rings. The van der Waals surface area contributed by atoms with Gasteiger partial charge in [-0.1, -0.05) is 6.92 Å². The van der Waals surface area contributed by atoms with Crippen molar-refractivity contribution in [1.29, 1.82) is 0 Å². The number of likely N-dealkylation sites (N-methyl/N-ethyl adjacent to an activating group) is 1. The van der Waals surface area contributed by atoms with Crippen molar-refractivity contribution in [3.05, 3.63) is 29.4 Å². The molecule has 0 aliphatic carbocycles. The van der Waals surface area contributed by atoms with E-state index >= 15 is 0 Å². The molecule has 1 saturated heterocycles. The van der Waals surface area contributed by atoms with Gasteiger partial charge in [0.25, 0.3) is 0 Å². The average molecular weight is 291 g/mol. The molecular formula is C15H21N3OS. The molecule has 3 heterocycles. The number of aromatic nitrogens is 2. The van der Waals surface area contributed by atoms with Crippen molar-refractivity contribution >= 4 is 11.3 Å². The number of thiophene rings is 1. The third-order valence-corrected chi connectivity index (χ3v) is 4.91. The molecule has 108 valence electrons. The highest BCUT2D eigenvalue weighted by Gasteiger charge is 2.19. The summed E-state index contributed by atoms with van der Waals surface area (Å²) in [6.45, 7) is 5.90. The van der Waals surface area contributed by atoms with E-state index in [1.54, 1.807) is 0 Å². The van der Waals surface area contributed by atoms with Crippen LogP contribution >= 0.6 is 11.3 Å². The van der Waals surface area contributed by atoms with Crippen LogP contribution in [-0.2, 0) is 17.7 Å². The number of imidazole rings is 1. The van der Waals surface area contributed by atoms with Gasteiger partial charge in [-0.05, 0) is 25.6 Å². The van der Waals surface area contributed by atoms with Gasteiger partial charge in [0.2, 0.25) is 0 Å². The Balaban J connectivity index is 1.76. The van der Waals surface area contributed by atoms with Crippen LogP contribution in [0, 0.1) is 0 Å².